The van der Waals surface area contributed by atoms with Gasteiger partial charge in [-0.25, -0.2) is 0 Å². The molecule has 2 aliphatic rings. The molecule has 0 N–H and O–H groups in total. The number of nitrogens with zero attached hydrogens (tertiary/aromatic N) is 3. The molecule has 0 aromatic carbocycles. The van der Waals surface area contributed by atoms with Gasteiger partial charge in [-0.2, -0.15) is 0 Å². The van der Waals surface area contributed by atoms with Crippen molar-refractivity contribution in [3.05, 3.63) is 0 Å². The molecule has 0 aromatic rings. The smallest absolute Gasteiger partial charge is 0.0594 e. The van der Waals surface area contributed by atoms with Gasteiger partial charge in [-0.3, -0.25) is 9.80 Å². The van der Waals surface area contributed by atoms with Crippen molar-refractivity contribution in [3.63, 3.8) is 0 Å². The molecule has 2 heterocycles. The maximum absolute atomic E-state index is 5.41. The van der Waals surface area contributed by atoms with Gasteiger partial charge in [0, 0.05) is 32.2 Å². The molecule has 2 fully saturated rings. The highest BCUT2D eigenvalue weighted by molar-refractivity contribution is 4.69. The molecular formula is C17H35N3O2. The minimum atomic E-state index is 0.648. The van der Waals surface area contributed by atoms with Gasteiger partial charge >= 0.3 is 0 Å². The Morgan fingerprint density at radius 1 is 0.773 bits per heavy atom. The minimum absolute atomic E-state index is 0.648. The van der Waals surface area contributed by atoms with Crippen molar-refractivity contribution in [2.75, 3.05) is 78.8 Å². The Kier molecular flexibility index (Phi) is 8.70. The van der Waals surface area contributed by atoms with Crippen molar-refractivity contribution >= 4 is 0 Å². The van der Waals surface area contributed by atoms with Crippen LogP contribution in [0.4, 0.5) is 0 Å². The number of ether oxygens (including phenoxy) is 2. The summed E-state index contributed by atoms with van der Waals surface area (Å²) < 4.78 is 10.8. The largest absolute Gasteiger partial charge is 0.379 e. The zero-order chi connectivity index (χ0) is 15.6. The first-order chi connectivity index (χ1) is 10.8. The summed E-state index contributed by atoms with van der Waals surface area (Å²) in [5.41, 5.74) is 0. The molecule has 0 aromatic heterocycles. The van der Waals surface area contributed by atoms with Crippen LogP contribution in [0.15, 0.2) is 0 Å². The second kappa shape index (κ2) is 10.6. The van der Waals surface area contributed by atoms with Crippen molar-refractivity contribution in [1.82, 2.24) is 14.7 Å². The fourth-order valence-electron chi connectivity index (χ4n) is 3.27. The van der Waals surface area contributed by atoms with Gasteiger partial charge in [0.05, 0.1) is 26.4 Å². The molecule has 2 aliphatic heterocycles. The molecule has 0 spiro atoms. The van der Waals surface area contributed by atoms with Crippen LogP contribution >= 0.6 is 0 Å². The molecule has 130 valence electrons. The Morgan fingerprint density at radius 3 is 1.55 bits per heavy atom. The maximum Gasteiger partial charge on any atom is 0.0594 e. The van der Waals surface area contributed by atoms with E-state index in [4.69, 9.17) is 9.47 Å². The van der Waals surface area contributed by atoms with Gasteiger partial charge in [0.1, 0.15) is 0 Å². The van der Waals surface area contributed by atoms with E-state index in [9.17, 15) is 0 Å². The number of rotatable bonds is 9. The number of hydrogen-bond donors (Lipinski definition) is 0. The van der Waals surface area contributed by atoms with Gasteiger partial charge in [0.25, 0.3) is 0 Å². The van der Waals surface area contributed by atoms with Gasteiger partial charge in [0.15, 0.2) is 0 Å². The van der Waals surface area contributed by atoms with E-state index in [-0.39, 0.29) is 0 Å². The Balaban J connectivity index is 1.57. The van der Waals surface area contributed by atoms with Crippen molar-refractivity contribution < 1.29 is 9.47 Å². The predicted molar refractivity (Wildman–Crippen MR) is 90.5 cm³/mol. The highest BCUT2D eigenvalue weighted by Gasteiger charge is 2.14. The third-order valence-corrected chi connectivity index (χ3v) is 4.78. The Hall–Kier alpha value is -0.200. The summed E-state index contributed by atoms with van der Waals surface area (Å²) in [6, 6.07) is 0.648. The molecule has 0 unspecified atom stereocenters. The average molecular weight is 313 g/mol. The summed E-state index contributed by atoms with van der Waals surface area (Å²) in [6.07, 6.45) is 2.55. The molecule has 5 nitrogen and oxygen atoms in total. The third kappa shape index (κ3) is 6.92. The van der Waals surface area contributed by atoms with Crippen LogP contribution in [0, 0.1) is 0 Å². The Bertz CT molecular complexity index is 253. The van der Waals surface area contributed by atoms with Gasteiger partial charge in [-0.15, -0.1) is 0 Å². The highest BCUT2D eigenvalue weighted by atomic mass is 16.5. The van der Waals surface area contributed by atoms with E-state index >= 15 is 0 Å². The molecule has 0 saturated carbocycles. The molecule has 22 heavy (non-hydrogen) atoms. The van der Waals surface area contributed by atoms with Crippen molar-refractivity contribution in [1.29, 1.82) is 0 Å². The van der Waals surface area contributed by atoms with E-state index in [1.54, 1.807) is 0 Å². The Labute approximate surface area is 136 Å². The van der Waals surface area contributed by atoms with E-state index < -0.39 is 0 Å². The molecule has 0 amide bonds. The lowest BCUT2D eigenvalue weighted by atomic mass is 10.2. The van der Waals surface area contributed by atoms with Gasteiger partial charge in [-0.1, -0.05) is 0 Å². The lowest BCUT2D eigenvalue weighted by molar-refractivity contribution is 0.0331. The van der Waals surface area contributed by atoms with Gasteiger partial charge in [0.2, 0.25) is 0 Å². The average Bonchev–Trinajstić information content (AvgIpc) is 2.55. The van der Waals surface area contributed by atoms with Crippen LogP contribution < -0.4 is 0 Å². The summed E-state index contributed by atoms with van der Waals surface area (Å²) >= 11 is 0. The molecule has 5 heteroatoms. The maximum atomic E-state index is 5.41. The third-order valence-electron chi connectivity index (χ3n) is 4.78. The monoisotopic (exact) mass is 313 g/mol. The predicted octanol–water partition coefficient (Wildman–Crippen LogP) is 1.14. The topological polar surface area (TPSA) is 28.2 Å². The first-order valence-electron chi connectivity index (χ1n) is 9.10. The standard InChI is InChI=1S/C17H35N3O2/c1-17(2)20(7-3-5-18-9-13-21-14-10-18)8-4-6-19-11-15-22-16-12-19/h17H,3-16H2,1-2H3. The van der Waals surface area contributed by atoms with Crippen LogP contribution in [0.3, 0.4) is 0 Å². The summed E-state index contributed by atoms with van der Waals surface area (Å²) in [7, 11) is 0. The van der Waals surface area contributed by atoms with Crippen molar-refractivity contribution in [3.8, 4) is 0 Å². The van der Waals surface area contributed by atoms with E-state index in [1.165, 1.54) is 39.0 Å². The van der Waals surface area contributed by atoms with Crippen LogP contribution in [0.5, 0.6) is 0 Å². The van der Waals surface area contributed by atoms with Crippen molar-refractivity contribution in [2.24, 2.45) is 0 Å². The summed E-state index contributed by atoms with van der Waals surface area (Å²) in [5.74, 6) is 0. The van der Waals surface area contributed by atoms with Crippen LogP contribution in [-0.2, 0) is 9.47 Å². The lowest BCUT2D eigenvalue weighted by Gasteiger charge is -2.31. The van der Waals surface area contributed by atoms with Crippen molar-refractivity contribution in [2.45, 2.75) is 32.7 Å². The van der Waals surface area contributed by atoms with Gasteiger partial charge in [-0.05, 0) is 52.9 Å². The Morgan fingerprint density at radius 2 is 1.18 bits per heavy atom. The zero-order valence-electron chi connectivity index (χ0n) is 14.6. The molecule has 0 bridgehead atoms. The van der Waals surface area contributed by atoms with Crippen LogP contribution in [-0.4, -0.2) is 99.5 Å². The molecule has 0 atom stereocenters. The quantitative estimate of drug-likeness (QED) is 0.636. The normalized spacial score (nSPS) is 21.8. The first-order valence-corrected chi connectivity index (χ1v) is 9.10. The zero-order valence-corrected chi connectivity index (χ0v) is 14.6. The summed E-state index contributed by atoms with van der Waals surface area (Å²) in [6.45, 7) is 17.6. The molecule has 2 rings (SSSR count). The molecule has 2 saturated heterocycles. The second-order valence-corrected chi connectivity index (χ2v) is 6.74. The fraction of sp³-hybridized carbons (Fsp3) is 1.00. The molecule has 0 radical (unpaired) electrons. The first kappa shape index (κ1) is 18.1. The second-order valence-electron chi connectivity index (χ2n) is 6.74. The lowest BCUT2D eigenvalue weighted by Crippen LogP contribution is -2.41. The van der Waals surface area contributed by atoms with Crippen LogP contribution in [0.1, 0.15) is 26.7 Å². The number of hydrogen-bond acceptors (Lipinski definition) is 5. The summed E-state index contributed by atoms with van der Waals surface area (Å²) in [5, 5.41) is 0. The van der Waals surface area contributed by atoms with E-state index in [1.807, 2.05) is 0 Å². The SMILES string of the molecule is CC(C)N(CCCN1CCOCC1)CCCN1CCOCC1. The highest BCUT2D eigenvalue weighted by Crippen LogP contribution is 2.05. The number of morpholine rings is 2. The van der Waals surface area contributed by atoms with E-state index in [0.717, 1.165) is 52.6 Å². The minimum Gasteiger partial charge on any atom is -0.379 e. The van der Waals surface area contributed by atoms with Crippen LogP contribution in [0.25, 0.3) is 0 Å². The van der Waals surface area contributed by atoms with E-state index in [0.29, 0.717) is 6.04 Å². The van der Waals surface area contributed by atoms with Gasteiger partial charge < -0.3 is 14.4 Å². The van der Waals surface area contributed by atoms with E-state index in [2.05, 4.69) is 28.5 Å². The van der Waals surface area contributed by atoms with Crippen LogP contribution in [0.2, 0.25) is 0 Å². The molecule has 0 aliphatic carbocycles. The molecular weight excluding hydrogens is 278 g/mol. The fourth-order valence-corrected chi connectivity index (χ4v) is 3.27. The summed E-state index contributed by atoms with van der Waals surface area (Å²) in [4.78, 5) is 7.71.